The topological polar surface area (TPSA) is 194 Å². The van der Waals surface area contributed by atoms with E-state index in [1.165, 1.54) is 18.7 Å². The lowest BCUT2D eigenvalue weighted by atomic mass is 10.1. The van der Waals surface area contributed by atoms with Gasteiger partial charge in [-0.2, -0.15) is 11.8 Å². The highest BCUT2D eigenvalue weighted by Crippen LogP contribution is 2.06. The van der Waals surface area contributed by atoms with Gasteiger partial charge >= 0.3 is 5.97 Å². The smallest absolute Gasteiger partial charge is 0.326 e. The average Bonchev–Trinajstić information content (AvgIpc) is 2.79. The quantitative estimate of drug-likeness (QED) is 0.181. The highest BCUT2D eigenvalue weighted by Gasteiger charge is 2.28. The summed E-state index contributed by atoms with van der Waals surface area (Å²) in [5.74, 6) is -3.15. The second kappa shape index (κ2) is 14.9. The van der Waals surface area contributed by atoms with E-state index in [4.69, 9.17) is 11.5 Å². The van der Waals surface area contributed by atoms with Crippen LogP contribution in [0.15, 0.2) is 30.3 Å². The number of benzene rings is 1. The Morgan fingerprint density at radius 1 is 0.941 bits per heavy atom. The van der Waals surface area contributed by atoms with Gasteiger partial charge in [0.1, 0.15) is 18.1 Å². The Morgan fingerprint density at radius 2 is 1.56 bits per heavy atom. The van der Waals surface area contributed by atoms with Crippen molar-refractivity contribution in [2.75, 3.05) is 12.0 Å². The van der Waals surface area contributed by atoms with Crippen LogP contribution < -0.4 is 27.4 Å². The number of carboxylic acid groups (broad SMARTS) is 1. The van der Waals surface area contributed by atoms with E-state index in [0.29, 0.717) is 5.75 Å². The lowest BCUT2D eigenvalue weighted by Gasteiger charge is -2.23. The number of aliphatic carboxylic acids is 1. The minimum absolute atomic E-state index is 0.0365. The molecule has 188 valence electrons. The molecule has 34 heavy (non-hydrogen) atoms. The number of nitrogens with two attached hydrogens (primary N) is 2. The van der Waals surface area contributed by atoms with Crippen molar-refractivity contribution in [3.63, 3.8) is 0 Å². The predicted octanol–water partition coefficient (Wildman–Crippen LogP) is -0.866. The fourth-order valence-electron chi connectivity index (χ4n) is 2.94. The molecule has 4 unspecified atom stereocenters. The molecule has 0 bridgehead atoms. The summed E-state index contributed by atoms with van der Waals surface area (Å²) in [5, 5.41) is 17.0. The van der Waals surface area contributed by atoms with Crippen LogP contribution in [-0.2, 0) is 30.4 Å². The third-order valence-corrected chi connectivity index (χ3v) is 5.58. The molecule has 1 rings (SSSR count). The first-order valence-corrected chi connectivity index (χ1v) is 12.1. The highest BCUT2D eigenvalue weighted by molar-refractivity contribution is 7.98. The van der Waals surface area contributed by atoms with E-state index in [1.807, 2.05) is 6.26 Å². The van der Waals surface area contributed by atoms with E-state index in [1.54, 1.807) is 30.3 Å². The summed E-state index contributed by atoms with van der Waals surface area (Å²) in [6, 6.07) is 4.62. The summed E-state index contributed by atoms with van der Waals surface area (Å²) in [5.41, 5.74) is 11.6. The number of carboxylic acids is 1. The number of hydrogen-bond donors (Lipinski definition) is 6. The van der Waals surface area contributed by atoms with Gasteiger partial charge in [-0.15, -0.1) is 0 Å². The van der Waals surface area contributed by atoms with Crippen molar-refractivity contribution in [1.82, 2.24) is 16.0 Å². The number of rotatable bonds is 15. The van der Waals surface area contributed by atoms with Crippen LogP contribution in [0.5, 0.6) is 0 Å². The first-order valence-electron chi connectivity index (χ1n) is 10.8. The molecule has 0 aromatic heterocycles. The van der Waals surface area contributed by atoms with Crippen molar-refractivity contribution in [3.8, 4) is 0 Å². The number of primary amides is 1. The molecular formula is C22H33N5O6S. The maximum absolute atomic E-state index is 12.8. The van der Waals surface area contributed by atoms with Gasteiger partial charge in [0.25, 0.3) is 0 Å². The van der Waals surface area contributed by atoms with E-state index >= 15 is 0 Å². The Morgan fingerprint density at radius 3 is 2.12 bits per heavy atom. The van der Waals surface area contributed by atoms with Gasteiger partial charge in [-0.25, -0.2) is 4.79 Å². The van der Waals surface area contributed by atoms with Gasteiger partial charge in [-0.1, -0.05) is 30.3 Å². The molecule has 1 aromatic rings. The van der Waals surface area contributed by atoms with Crippen LogP contribution >= 0.6 is 11.8 Å². The van der Waals surface area contributed by atoms with Gasteiger partial charge in [0.15, 0.2) is 0 Å². The van der Waals surface area contributed by atoms with Crippen LogP contribution in [0.3, 0.4) is 0 Å². The summed E-state index contributed by atoms with van der Waals surface area (Å²) in [7, 11) is 0. The van der Waals surface area contributed by atoms with E-state index in [2.05, 4.69) is 16.0 Å². The van der Waals surface area contributed by atoms with Gasteiger partial charge in [0.05, 0.1) is 6.04 Å². The van der Waals surface area contributed by atoms with Gasteiger partial charge in [0.2, 0.25) is 23.6 Å². The summed E-state index contributed by atoms with van der Waals surface area (Å²) < 4.78 is 0. The third-order valence-electron chi connectivity index (χ3n) is 4.93. The molecule has 1 aromatic carbocycles. The number of thioether (sulfide) groups is 1. The van der Waals surface area contributed by atoms with Crippen LogP contribution in [-0.4, -0.2) is 70.9 Å². The largest absolute Gasteiger partial charge is 0.480 e. The van der Waals surface area contributed by atoms with E-state index in [0.717, 1.165) is 5.56 Å². The number of hydrogen-bond acceptors (Lipinski definition) is 7. The molecule has 0 spiro atoms. The zero-order valence-electron chi connectivity index (χ0n) is 19.3. The zero-order valence-corrected chi connectivity index (χ0v) is 20.1. The lowest BCUT2D eigenvalue weighted by molar-refractivity contribution is -0.142. The molecule has 0 aliphatic carbocycles. The van der Waals surface area contributed by atoms with E-state index in [9.17, 15) is 29.1 Å². The lowest BCUT2D eigenvalue weighted by Crippen LogP contribution is -2.56. The number of nitrogens with one attached hydrogen (secondary N) is 3. The maximum atomic E-state index is 12.8. The number of carbonyl (C=O) groups is 5. The molecule has 12 heteroatoms. The van der Waals surface area contributed by atoms with Gasteiger partial charge < -0.3 is 32.5 Å². The van der Waals surface area contributed by atoms with Crippen LogP contribution in [0.1, 0.15) is 31.7 Å². The predicted molar refractivity (Wildman–Crippen MR) is 129 cm³/mol. The second-order valence-electron chi connectivity index (χ2n) is 7.77. The van der Waals surface area contributed by atoms with Crippen molar-refractivity contribution in [1.29, 1.82) is 0 Å². The minimum atomic E-state index is -1.20. The Balaban J connectivity index is 2.74. The van der Waals surface area contributed by atoms with Crippen molar-refractivity contribution in [2.24, 2.45) is 11.5 Å². The molecule has 4 amide bonds. The Kier molecular flexibility index (Phi) is 12.7. The van der Waals surface area contributed by atoms with Crippen LogP contribution in [0.4, 0.5) is 0 Å². The molecular weight excluding hydrogens is 462 g/mol. The summed E-state index contributed by atoms with van der Waals surface area (Å²) in [4.78, 5) is 60.1. The van der Waals surface area contributed by atoms with Crippen molar-refractivity contribution in [2.45, 2.75) is 56.8 Å². The van der Waals surface area contributed by atoms with E-state index in [-0.39, 0.29) is 25.7 Å². The first-order chi connectivity index (χ1) is 16.0. The Hall–Kier alpha value is -3.12. The molecule has 0 aliphatic rings. The number of carbonyl (C=O) groups excluding carboxylic acids is 4. The SMILES string of the molecule is CSCCC(NC(=O)C(N)CCC(N)=O)C(=O)NC(C)C(=O)NC(Cc1ccccc1)C(=O)O. The third kappa shape index (κ3) is 10.7. The summed E-state index contributed by atoms with van der Waals surface area (Å²) in [6.45, 7) is 1.42. The molecule has 0 saturated carbocycles. The first kappa shape index (κ1) is 28.9. The molecule has 8 N–H and O–H groups in total. The molecule has 0 heterocycles. The zero-order chi connectivity index (χ0) is 25.7. The normalized spacial score (nSPS) is 14.2. The number of amides is 4. The minimum Gasteiger partial charge on any atom is -0.480 e. The molecule has 0 fully saturated rings. The second-order valence-corrected chi connectivity index (χ2v) is 8.76. The fraction of sp³-hybridized carbons (Fsp3) is 0.500. The van der Waals surface area contributed by atoms with Crippen LogP contribution in [0.25, 0.3) is 0 Å². The van der Waals surface area contributed by atoms with E-state index < -0.39 is 53.8 Å². The summed E-state index contributed by atoms with van der Waals surface area (Å²) >= 11 is 1.47. The van der Waals surface area contributed by atoms with Crippen molar-refractivity contribution >= 4 is 41.4 Å². The standard InChI is InChI=1S/C22H33N5O6S/c1-13(19(29)27-17(22(32)33)12-14-6-4-3-5-7-14)25-21(31)16(10-11-34-2)26-20(30)15(23)8-9-18(24)28/h3-7,13,15-17H,8-12,23H2,1-2H3,(H2,24,28)(H,25,31)(H,26,30)(H,27,29)(H,32,33). The highest BCUT2D eigenvalue weighted by atomic mass is 32.2. The van der Waals surface area contributed by atoms with Crippen LogP contribution in [0, 0.1) is 0 Å². The maximum Gasteiger partial charge on any atom is 0.326 e. The van der Waals surface area contributed by atoms with Crippen molar-refractivity contribution in [3.05, 3.63) is 35.9 Å². The van der Waals surface area contributed by atoms with Gasteiger partial charge in [0, 0.05) is 12.8 Å². The molecule has 4 atom stereocenters. The monoisotopic (exact) mass is 495 g/mol. The molecule has 0 radical (unpaired) electrons. The van der Waals surface area contributed by atoms with Gasteiger partial charge in [-0.05, 0) is 37.3 Å². The molecule has 0 saturated heterocycles. The fourth-order valence-corrected chi connectivity index (χ4v) is 3.41. The Labute approximate surface area is 202 Å². The van der Waals surface area contributed by atoms with Crippen LogP contribution in [0.2, 0.25) is 0 Å². The molecule has 11 nitrogen and oxygen atoms in total. The van der Waals surface area contributed by atoms with Gasteiger partial charge in [-0.3, -0.25) is 19.2 Å². The summed E-state index contributed by atoms with van der Waals surface area (Å²) in [6.07, 6.45) is 2.17. The average molecular weight is 496 g/mol. The van der Waals surface area contributed by atoms with Crippen molar-refractivity contribution < 1.29 is 29.1 Å². The molecule has 0 aliphatic heterocycles. The Bertz CT molecular complexity index is 853.